The summed E-state index contributed by atoms with van der Waals surface area (Å²) >= 11 is 0. The van der Waals surface area contributed by atoms with Crippen molar-refractivity contribution in [3.63, 3.8) is 0 Å². The van der Waals surface area contributed by atoms with Crippen LogP contribution in [0.3, 0.4) is 0 Å². The Bertz CT molecular complexity index is 2180. The molecule has 3 aliphatic heterocycles. The second-order valence-electron chi connectivity index (χ2n) is 12.9. The second-order valence-corrected chi connectivity index (χ2v) is 14.8. The van der Waals surface area contributed by atoms with Crippen molar-refractivity contribution in [3.05, 3.63) is 82.1 Å². The van der Waals surface area contributed by atoms with Gasteiger partial charge in [0.2, 0.25) is 13.6 Å². The molecule has 3 atom stereocenters. The van der Waals surface area contributed by atoms with Crippen molar-refractivity contribution in [2.45, 2.75) is 53.8 Å². The summed E-state index contributed by atoms with van der Waals surface area (Å²) in [4.78, 5) is 27.6. The Labute approximate surface area is 308 Å². The zero-order chi connectivity index (χ0) is 37.4. The number of fused-ring (bicyclic) bond motifs is 8. The van der Waals surface area contributed by atoms with Crippen LogP contribution in [0.4, 0.5) is 0 Å². The molecule has 17 nitrogen and oxygen atoms in total. The van der Waals surface area contributed by atoms with Crippen LogP contribution in [0.2, 0.25) is 0 Å². The Morgan fingerprint density at radius 1 is 0.907 bits per heavy atom. The average Bonchev–Trinajstić information content (AvgIpc) is 3.93. The van der Waals surface area contributed by atoms with Crippen LogP contribution in [0.1, 0.15) is 47.1 Å². The number of hydrogen-bond acceptors (Lipinski definition) is 16. The topological polar surface area (TPSA) is 198 Å². The lowest BCUT2D eigenvalue weighted by molar-refractivity contribution is -0.832. The van der Waals surface area contributed by atoms with Crippen molar-refractivity contribution in [1.82, 2.24) is 10.1 Å². The normalized spacial score (nSPS) is 19.4. The highest BCUT2D eigenvalue weighted by Gasteiger charge is 2.47. The van der Waals surface area contributed by atoms with E-state index in [-0.39, 0.29) is 74.6 Å². The van der Waals surface area contributed by atoms with Crippen LogP contribution >= 0.6 is 0 Å². The molecule has 0 saturated carbocycles. The molecule has 4 heterocycles. The number of likely N-dealkylation sites (N-methyl/N-ethyl adjacent to an activating group) is 1. The van der Waals surface area contributed by atoms with E-state index in [0.29, 0.717) is 36.0 Å². The minimum absolute atomic E-state index is 0.0104. The van der Waals surface area contributed by atoms with Crippen LogP contribution in [0.5, 0.6) is 28.9 Å². The van der Waals surface area contributed by atoms with E-state index in [9.17, 15) is 23.2 Å². The molecule has 1 aliphatic carbocycles. The van der Waals surface area contributed by atoms with Gasteiger partial charge in [-0.1, -0.05) is 24.3 Å². The van der Waals surface area contributed by atoms with Crippen molar-refractivity contribution in [2.75, 3.05) is 47.1 Å². The van der Waals surface area contributed by atoms with Gasteiger partial charge < -0.3 is 43.1 Å². The van der Waals surface area contributed by atoms with Gasteiger partial charge in [-0.15, -0.1) is 0 Å². The van der Waals surface area contributed by atoms with E-state index < -0.39 is 38.8 Å². The maximum Gasteiger partial charge on any atom is 0.415 e. The summed E-state index contributed by atoms with van der Waals surface area (Å²) in [7, 11) is -2.23. The third-order valence-corrected chi connectivity index (χ3v) is 11.4. The van der Waals surface area contributed by atoms with Crippen LogP contribution < -0.4 is 28.6 Å². The van der Waals surface area contributed by atoms with E-state index in [1.54, 1.807) is 6.07 Å². The van der Waals surface area contributed by atoms with Gasteiger partial charge in [-0.3, -0.25) is 19.1 Å². The van der Waals surface area contributed by atoms with E-state index in [1.807, 2.05) is 31.3 Å². The van der Waals surface area contributed by atoms with Gasteiger partial charge in [-0.05, 0) is 59.0 Å². The summed E-state index contributed by atoms with van der Waals surface area (Å²) in [6.07, 6.45) is -0.503. The highest BCUT2D eigenvalue weighted by molar-refractivity contribution is 7.91. The lowest BCUT2D eigenvalue weighted by atomic mass is 9.70. The van der Waals surface area contributed by atoms with Crippen LogP contribution in [0.25, 0.3) is 0 Å². The van der Waals surface area contributed by atoms with Gasteiger partial charge in [0.25, 0.3) is 9.84 Å². The molecular formula is C36H35N3O14S. The molecule has 0 spiro atoms. The number of aromatic nitrogens is 2. The molecule has 54 heavy (non-hydrogen) atoms. The molecule has 8 rings (SSSR count). The van der Waals surface area contributed by atoms with Crippen LogP contribution in [-0.2, 0) is 46.6 Å². The van der Waals surface area contributed by atoms with Gasteiger partial charge in [0.1, 0.15) is 19.3 Å². The van der Waals surface area contributed by atoms with Gasteiger partial charge in [0, 0.05) is 30.5 Å². The third-order valence-electron chi connectivity index (χ3n) is 9.66. The lowest BCUT2D eigenvalue weighted by Gasteiger charge is -2.47. The lowest BCUT2D eigenvalue weighted by Crippen LogP contribution is -2.45. The summed E-state index contributed by atoms with van der Waals surface area (Å²) in [5.41, 5.74) is 4.08. The average molecular weight is 766 g/mol. The number of hydrogen-bond donors (Lipinski definition) is 0. The number of ether oxygens (including phenoxy) is 8. The monoisotopic (exact) mass is 765 g/mol. The van der Waals surface area contributed by atoms with Crippen LogP contribution in [0.15, 0.2) is 69.1 Å². The van der Waals surface area contributed by atoms with E-state index in [0.717, 1.165) is 22.3 Å². The molecule has 4 aliphatic rings. The smallest absolute Gasteiger partial charge is 0.415 e. The number of carbonyl (C=O) groups is 2. The molecule has 0 saturated heterocycles. The van der Waals surface area contributed by atoms with Gasteiger partial charge in [0.15, 0.2) is 23.0 Å². The van der Waals surface area contributed by atoms with E-state index >= 15 is 0 Å². The standard InChI is InChI=1S/C36H35N3O14S/c1-38-18-25-23(7-8-26-34(25)51-20-48-26)32-29(16-21-15-27-28(50-19-49-27)17-24(21)33(32)38)52-31(41)10-9-30(40)46-13-11-45-12-14-47-35-36(39(42)53-37-35)54(43,44)22-5-3-2-4-6-22/h2-8,15,17,29,32-33H,9-14,16,18-20H2,1H3/t29-,32-,33+/m0/s1. The summed E-state index contributed by atoms with van der Waals surface area (Å²) in [6, 6.07) is 15.0. The van der Waals surface area contributed by atoms with Crippen molar-refractivity contribution in [3.8, 4) is 28.9 Å². The number of esters is 2. The molecule has 0 amide bonds. The number of benzene rings is 3. The Kier molecular flexibility index (Phi) is 9.63. The van der Waals surface area contributed by atoms with Crippen molar-refractivity contribution >= 4 is 21.8 Å². The molecule has 18 heteroatoms. The Hall–Kier alpha value is -5.59. The zero-order valence-electron chi connectivity index (χ0n) is 29.0. The third kappa shape index (κ3) is 6.71. The van der Waals surface area contributed by atoms with E-state index in [4.69, 9.17) is 37.9 Å². The molecule has 0 fully saturated rings. The predicted molar refractivity (Wildman–Crippen MR) is 180 cm³/mol. The van der Waals surface area contributed by atoms with Gasteiger partial charge >= 0.3 is 22.8 Å². The first-order valence-corrected chi connectivity index (χ1v) is 18.7. The fraction of sp³-hybridized carbons (Fsp3) is 0.389. The molecule has 4 aromatic rings. The van der Waals surface area contributed by atoms with Crippen LogP contribution in [0, 0.1) is 5.21 Å². The minimum Gasteiger partial charge on any atom is -0.463 e. The minimum atomic E-state index is -4.25. The first-order valence-electron chi connectivity index (χ1n) is 17.2. The molecular weight excluding hydrogens is 730 g/mol. The molecule has 0 unspecified atom stereocenters. The van der Waals surface area contributed by atoms with Gasteiger partial charge in [-0.25, -0.2) is 8.42 Å². The SMILES string of the molecule is CN1Cc2c(ccc3c2OCO3)[C@H]2[C@@H](OC(=O)CCC(=O)OCCOCCOc3no[n+]([O-])c3S(=O)(=O)c3ccccc3)Cc3cc4c(cc3[C@H]21)OCO4. The predicted octanol–water partition coefficient (Wildman–Crippen LogP) is 2.76. The number of carbonyl (C=O) groups excluding carboxylic acids is 2. The first-order chi connectivity index (χ1) is 26.2. The van der Waals surface area contributed by atoms with Gasteiger partial charge in [-0.2, -0.15) is 0 Å². The quantitative estimate of drug-likeness (QED) is 0.109. The number of sulfone groups is 1. The second kappa shape index (κ2) is 14.7. The van der Waals surface area contributed by atoms with E-state index in [2.05, 4.69) is 14.7 Å². The van der Waals surface area contributed by atoms with Crippen molar-refractivity contribution in [1.29, 1.82) is 0 Å². The fourth-order valence-electron chi connectivity index (χ4n) is 7.32. The van der Waals surface area contributed by atoms with E-state index in [1.165, 1.54) is 24.3 Å². The number of nitrogens with zero attached hydrogens (tertiary/aromatic N) is 3. The molecule has 0 radical (unpaired) electrons. The summed E-state index contributed by atoms with van der Waals surface area (Å²) in [5.74, 6) is 0.820. The summed E-state index contributed by atoms with van der Waals surface area (Å²) in [6.45, 7) is 0.542. The highest BCUT2D eigenvalue weighted by Crippen LogP contribution is 2.54. The molecule has 3 aromatic carbocycles. The number of rotatable bonds is 13. The molecule has 0 bridgehead atoms. The Morgan fingerprint density at radius 3 is 2.48 bits per heavy atom. The van der Waals surface area contributed by atoms with Crippen molar-refractivity contribution < 1.29 is 65.4 Å². The first kappa shape index (κ1) is 35.4. The van der Waals surface area contributed by atoms with Crippen molar-refractivity contribution in [2.24, 2.45) is 0 Å². The van der Waals surface area contributed by atoms with Gasteiger partial charge in [0.05, 0.1) is 36.1 Å². The summed E-state index contributed by atoms with van der Waals surface area (Å²) < 4.78 is 75.1. The molecule has 0 N–H and O–H groups in total. The fourth-order valence-corrected chi connectivity index (χ4v) is 8.61. The molecule has 1 aromatic heterocycles. The Balaban J connectivity index is 0.830. The zero-order valence-corrected chi connectivity index (χ0v) is 29.8. The van der Waals surface area contributed by atoms with Crippen LogP contribution in [-0.4, -0.2) is 83.6 Å². The maximum atomic E-state index is 13.3. The Morgan fingerprint density at radius 2 is 1.65 bits per heavy atom. The largest absolute Gasteiger partial charge is 0.463 e. The highest BCUT2D eigenvalue weighted by atomic mass is 32.2. The summed E-state index contributed by atoms with van der Waals surface area (Å²) in [5, 5.41) is 14.6. The molecule has 284 valence electrons. The maximum absolute atomic E-state index is 13.3.